The first-order valence-electron chi connectivity index (χ1n) is 7.64. The summed E-state index contributed by atoms with van der Waals surface area (Å²) in [5, 5.41) is 8.23. The van der Waals surface area contributed by atoms with Gasteiger partial charge in [-0.25, -0.2) is 15.3 Å². The highest BCUT2D eigenvalue weighted by atomic mass is 16.5. The van der Waals surface area contributed by atoms with E-state index >= 15 is 0 Å². The summed E-state index contributed by atoms with van der Waals surface area (Å²) in [6.45, 7) is 0. The van der Waals surface area contributed by atoms with E-state index in [1.54, 1.807) is 47.3 Å². The summed E-state index contributed by atoms with van der Waals surface area (Å²) in [6, 6.07) is 13.7. The lowest BCUT2D eigenvalue weighted by molar-refractivity contribution is 0.0953. The van der Waals surface area contributed by atoms with Crippen LogP contribution in [0, 0.1) is 0 Å². The molecule has 0 aliphatic rings. The quantitative estimate of drug-likeness (QED) is 0.354. The second-order valence-corrected chi connectivity index (χ2v) is 5.42. The Bertz CT molecular complexity index is 918. The lowest BCUT2D eigenvalue weighted by Crippen LogP contribution is -2.29. The van der Waals surface area contributed by atoms with Crippen LogP contribution in [0.3, 0.4) is 0 Å². The molecule has 0 saturated carbocycles. The average Bonchev–Trinajstić information content (AvgIpc) is 3.10. The van der Waals surface area contributed by atoms with Crippen LogP contribution < -0.4 is 21.7 Å². The monoisotopic (exact) mass is 352 g/mol. The van der Waals surface area contributed by atoms with E-state index in [0.717, 1.165) is 16.9 Å². The summed E-state index contributed by atoms with van der Waals surface area (Å²) in [7, 11) is 0. The molecule has 3 rings (SSSR count). The number of hydrazine groups is 1. The Morgan fingerprint density at radius 2 is 1.77 bits per heavy atom. The number of hydrogen-bond donors (Lipinski definition) is 3. The van der Waals surface area contributed by atoms with Crippen molar-refractivity contribution in [1.82, 2.24) is 20.4 Å². The smallest absolute Gasteiger partial charge is 0.409 e. The lowest BCUT2D eigenvalue weighted by Gasteiger charge is -2.03. The van der Waals surface area contributed by atoms with Gasteiger partial charge in [0.05, 0.1) is 17.6 Å². The van der Waals surface area contributed by atoms with Gasteiger partial charge in [0.15, 0.2) is 0 Å². The van der Waals surface area contributed by atoms with Crippen LogP contribution in [0.5, 0.6) is 5.75 Å². The number of hydrogen-bond acceptors (Lipinski definition) is 6. The molecule has 0 aliphatic carbocycles. The Balaban J connectivity index is 1.69. The van der Waals surface area contributed by atoms with Gasteiger partial charge >= 0.3 is 6.09 Å². The molecule has 1 heterocycles. The fourth-order valence-corrected chi connectivity index (χ4v) is 2.36. The van der Waals surface area contributed by atoms with Crippen molar-refractivity contribution in [2.45, 2.75) is 6.42 Å². The van der Waals surface area contributed by atoms with Crippen molar-refractivity contribution in [2.24, 2.45) is 11.6 Å². The van der Waals surface area contributed by atoms with Gasteiger partial charge in [-0.15, -0.1) is 5.10 Å². The number of nitrogens with two attached hydrogens (primary N) is 2. The van der Waals surface area contributed by atoms with Gasteiger partial charge in [-0.3, -0.25) is 10.2 Å². The van der Waals surface area contributed by atoms with E-state index in [0.29, 0.717) is 17.7 Å². The lowest BCUT2D eigenvalue weighted by atomic mass is 10.1. The van der Waals surface area contributed by atoms with Crippen LogP contribution in [-0.2, 0) is 6.42 Å². The number of primary amides is 1. The van der Waals surface area contributed by atoms with Gasteiger partial charge in [-0.1, -0.05) is 17.3 Å². The molecule has 0 unspecified atom stereocenters. The zero-order chi connectivity index (χ0) is 18.5. The average molecular weight is 352 g/mol. The van der Waals surface area contributed by atoms with Crippen molar-refractivity contribution in [3.63, 3.8) is 0 Å². The van der Waals surface area contributed by atoms with Crippen molar-refractivity contribution >= 4 is 12.0 Å². The van der Waals surface area contributed by atoms with Gasteiger partial charge in [-0.2, -0.15) is 0 Å². The van der Waals surface area contributed by atoms with Crippen molar-refractivity contribution < 1.29 is 14.3 Å². The zero-order valence-corrected chi connectivity index (χ0v) is 13.6. The number of nitrogens with zero attached hydrogens (tertiary/aromatic N) is 3. The van der Waals surface area contributed by atoms with Crippen molar-refractivity contribution in [2.75, 3.05) is 0 Å². The van der Waals surface area contributed by atoms with E-state index in [4.69, 9.17) is 16.3 Å². The van der Waals surface area contributed by atoms with Gasteiger partial charge in [-0.05, 0) is 42.0 Å². The number of aromatic nitrogens is 3. The largest absolute Gasteiger partial charge is 0.411 e. The van der Waals surface area contributed by atoms with Gasteiger partial charge in [0.2, 0.25) is 0 Å². The summed E-state index contributed by atoms with van der Waals surface area (Å²) >= 11 is 0. The fraction of sp³-hybridized carbons (Fsp3) is 0.0588. The maximum Gasteiger partial charge on any atom is 0.409 e. The molecule has 132 valence electrons. The predicted molar refractivity (Wildman–Crippen MR) is 92.5 cm³/mol. The Kier molecular flexibility index (Phi) is 4.90. The predicted octanol–water partition coefficient (Wildman–Crippen LogP) is 0.919. The Morgan fingerprint density at radius 3 is 2.38 bits per heavy atom. The van der Waals surface area contributed by atoms with Crippen LogP contribution in [0.15, 0.2) is 54.7 Å². The van der Waals surface area contributed by atoms with E-state index < -0.39 is 6.09 Å². The molecule has 0 fully saturated rings. The first-order valence-corrected chi connectivity index (χ1v) is 7.64. The molecule has 9 heteroatoms. The molecule has 0 aliphatic heterocycles. The molecule has 0 radical (unpaired) electrons. The fourth-order valence-electron chi connectivity index (χ4n) is 2.36. The van der Waals surface area contributed by atoms with E-state index in [9.17, 15) is 9.59 Å². The molecule has 5 N–H and O–H groups in total. The number of nitrogens with one attached hydrogen (secondary N) is 1. The third-order valence-corrected chi connectivity index (χ3v) is 3.59. The Hall–Kier alpha value is -3.72. The minimum absolute atomic E-state index is 0.341. The molecular formula is C17H16N6O3. The number of rotatable bonds is 5. The normalized spacial score (nSPS) is 10.3. The summed E-state index contributed by atoms with van der Waals surface area (Å²) < 4.78 is 6.39. The summed E-state index contributed by atoms with van der Waals surface area (Å²) in [5.41, 5.74) is 10.0. The van der Waals surface area contributed by atoms with Crippen molar-refractivity contribution in [3.05, 3.63) is 71.5 Å². The van der Waals surface area contributed by atoms with Crippen LogP contribution in [0.2, 0.25) is 0 Å². The number of nitrogen functional groups attached to an aromatic ring is 1. The van der Waals surface area contributed by atoms with Crippen LogP contribution in [0.4, 0.5) is 4.79 Å². The highest BCUT2D eigenvalue weighted by molar-refractivity contribution is 5.93. The molecule has 26 heavy (non-hydrogen) atoms. The molecule has 2 aromatic carbocycles. The van der Waals surface area contributed by atoms with Crippen LogP contribution >= 0.6 is 0 Å². The molecular weight excluding hydrogens is 336 g/mol. The molecule has 9 nitrogen and oxygen atoms in total. The SMILES string of the molecule is NNC(=O)c1ccc(Cc2cn(-c3ccc(OC(N)=O)cc3)nn2)cc1. The highest BCUT2D eigenvalue weighted by Crippen LogP contribution is 2.16. The molecule has 0 bridgehead atoms. The topological polar surface area (TPSA) is 138 Å². The zero-order valence-electron chi connectivity index (χ0n) is 13.6. The first-order chi connectivity index (χ1) is 12.5. The van der Waals surface area contributed by atoms with E-state index in [-0.39, 0.29) is 5.91 Å². The maximum atomic E-state index is 11.4. The number of carbonyl (C=O) groups excluding carboxylic acids is 2. The van der Waals surface area contributed by atoms with Crippen LogP contribution in [0.1, 0.15) is 21.6 Å². The molecule has 2 amide bonds. The molecule has 3 aromatic rings. The second-order valence-electron chi connectivity index (χ2n) is 5.42. The summed E-state index contributed by atoms with van der Waals surface area (Å²) in [6.07, 6.45) is 1.49. The molecule has 0 atom stereocenters. The second kappa shape index (κ2) is 7.45. The van der Waals surface area contributed by atoms with Gasteiger partial charge in [0.25, 0.3) is 5.91 Å². The minimum atomic E-state index is -0.865. The van der Waals surface area contributed by atoms with E-state index in [2.05, 4.69) is 15.7 Å². The van der Waals surface area contributed by atoms with Crippen LogP contribution in [0.25, 0.3) is 5.69 Å². The van der Waals surface area contributed by atoms with E-state index in [1.165, 1.54) is 0 Å². The standard InChI is InChI=1S/C17H16N6O3/c18-17(25)26-15-7-5-14(6-8-15)23-10-13(21-22-23)9-11-1-3-12(4-2-11)16(24)20-19/h1-8,10H,9,19H2,(H2,18,25)(H,20,24). The van der Waals surface area contributed by atoms with Gasteiger partial charge in [0, 0.05) is 12.0 Å². The third-order valence-electron chi connectivity index (χ3n) is 3.59. The Labute approximate surface area is 148 Å². The molecule has 0 spiro atoms. The number of benzene rings is 2. The number of amides is 2. The van der Waals surface area contributed by atoms with Gasteiger partial charge in [0.1, 0.15) is 5.75 Å². The van der Waals surface area contributed by atoms with E-state index in [1.807, 2.05) is 12.1 Å². The van der Waals surface area contributed by atoms with Crippen molar-refractivity contribution in [3.8, 4) is 11.4 Å². The molecule has 1 aromatic heterocycles. The first kappa shape index (κ1) is 17.1. The Morgan fingerprint density at radius 1 is 1.08 bits per heavy atom. The third kappa shape index (κ3) is 4.02. The van der Waals surface area contributed by atoms with Gasteiger partial charge < -0.3 is 10.5 Å². The summed E-state index contributed by atoms with van der Waals surface area (Å²) in [5.74, 6) is 5.11. The van der Waals surface area contributed by atoms with Crippen LogP contribution in [-0.4, -0.2) is 27.0 Å². The highest BCUT2D eigenvalue weighted by Gasteiger charge is 2.07. The number of carbonyl (C=O) groups is 2. The number of ether oxygens (including phenoxy) is 1. The summed E-state index contributed by atoms with van der Waals surface area (Å²) in [4.78, 5) is 22.2. The minimum Gasteiger partial charge on any atom is -0.411 e. The maximum absolute atomic E-state index is 11.4. The van der Waals surface area contributed by atoms with Crippen molar-refractivity contribution in [1.29, 1.82) is 0 Å². The molecule has 0 saturated heterocycles.